The molecule has 2 aromatic heterocycles. The molecule has 0 aliphatic heterocycles. The van der Waals surface area contributed by atoms with Crippen LogP contribution in [0.15, 0.2) is 79.1 Å². The van der Waals surface area contributed by atoms with Crippen LogP contribution in [0.4, 0.5) is 0 Å². The van der Waals surface area contributed by atoms with Crippen molar-refractivity contribution in [2.75, 3.05) is 0 Å². The van der Waals surface area contributed by atoms with Gasteiger partial charge in [-0.05, 0) is 59.0 Å². The Hall–Kier alpha value is -3.74. The van der Waals surface area contributed by atoms with E-state index in [1.54, 1.807) is 16.8 Å². The number of carbonyl (C=O) groups excluding carboxylic acids is 1. The lowest BCUT2D eigenvalue weighted by Gasteiger charge is -2.07. The van der Waals surface area contributed by atoms with Gasteiger partial charge >= 0.3 is 5.97 Å². The van der Waals surface area contributed by atoms with Gasteiger partial charge in [0.15, 0.2) is 12.4 Å². The molecule has 0 saturated heterocycles. The second kappa shape index (κ2) is 7.02. The first kappa shape index (κ1) is 15.8. The highest BCUT2D eigenvalue weighted by atomic mass is 16.5. The summed E-state index contributed by atoms with van der Waals surface area (Å²) in [5.41, 5.74) is 2.25. The molecule has 4 aromatic rings. The second-order valence-corrected chi connectivity index (χ2v) is 5.56. The van der Waals surface area contributed by atoms with Crippen molar-refractivity contribution in [3.63, 3.8) is 0 Å². The van der Waals surface area contributed by atoms with Crippen LogP contribution in [0.2, 0.25) is 0 Å². The fourth-order valence-electron chi connectivity index (χ4n) is 2.56. The van der Waals surface area contributed by atoms with Crippen LogP contribution >= 0.6 is 0 Å². The lowest BCUT2D eigenvalue weighted by Crippen LogP contribution is -2.10. The number of nitrogens with zero attached hydrogens (tertiary/aromatic N) is 5. The van der Waals surface area contributed by atoms with Crippen LogP contribution in [0.25, 0.3) is 11.4 Å². The van der Waals surface area contributed by atoms with Crippen molar-refractivity contribution in [2.24, 2.45) is 0 Å². The summed E-state index contributed by atoms with van der Waals surface area (Å²) in [4.78, 5) is 12.3. The normalized spacial score (nSPS) is 10.6. The van der Waals surface area contributed by atoms with E-state index >= 15 is 0 Å². The number of benzene rings is 2. The number of aromatic nitrogens is 5. The maximum absolute atomic E-state index is 12.3. The van der Waals surface area contributed by atoms with Gasteiger partial charge in [0.25, 0.3) is 0 Å². The highest BCUT2D eigenvalue weighted by Gasteiger charge is 2.12. The van der Waals surface area contributed by atoms with E-state index in [4.69, 9.17) is 4.74 Å². The highest BCUT2D eigenvalue weighted by Crippen LogP contribution is 2.12. The van der Waals surface area contributed by atoms with Crippen molar-refractivity contribution in [2.45, 2.75) is 6.61 Å². The minimum Gasteiger partial charge on any atom is -0.454 e. The lowest BCUT2D eigenvalue weighted by atomic mass is 10.2. The molecule has 4 rings (SSSR count). The zero-order chi connectivity index (χ0) is 17.8. The Kier molecular flexibility index (Phi) is 4.26. The summed E-state index contributed by atoms with van der Waals surface area (Å²) in [7, 11) is 0. The number of para-hydroxylation sites is 1. The molecule has 0 amide bonds. The summed E-state index contributed by atoms with van der Waals surface area (Å²) >= 11 is 0. The SMILES string of the molecule is O=C(OCc1nnnn1-c1ccccc1)c1ccc(-n2cccc2)cc1. The summed E-state index contributed by atoms with van der Waals surface area (Å²) in [5.74, 6) is 0.0279. The molecule has 0 bridgehead atoms. The molecular formula is C19H15N5O2. The largest absolute Gasteiger partial charge is 0.454 e. The van der Waals surface area contributed by atoms with Crippen molar-refractivity contribution in [1.29, 1.82) is 0 Å². The smallest absolute Gasteiger partial charge is 0.338 e. The van der Waals surface area contributed by atoms with E-state index in [9.17, 15) is 4.79 Å². The van der Waals surface area contributed by atoms with Crippen LogP contribution in [0.1, 0.15) is 16.2 Å². The zero-order valence-electron chi connectivity index (χ0n) is 13.8. The van der Waals surface area contributed by atoms with Crippen molar-refractivity contribution >= 4 is 5.97 Å². The minimum absolute atomic E-state index is 0.0138. The van der Waals surface area contributed by atoms with Gasteiger partial charge in [0.2, 0.25) is 0 Å². The predicted molar refractivity (Wildman–Crippen MR) is 94.0 cm³/mol. The van der Waals surface area contributed by atoms with Gasteiger partial charge in [-0.2, -0.15) is 4.68 Å². The van der Waals surface area contributed by atoms with Gasteiger partial charge in [-0.25, -0.2) is 4.79 Å². The molecular weight excluding hydrogens is 330 g/mol. The summed E-state index contributed by atoms with van der Waals surface area (Å²) in [5, 5.41) is 11.5. The van der Waals surface area contributed by atoms with E-state index in [2.05, 4.69) is 15.5 Å². The molecule has 0 unspecified atom stereocenters. The molecule has 0 saturated carbocycles. The number of tetrazole rings is 1. The standard InChI is InChI=1S/C19H15N5O2/c25-19(15-8-10-16(11-9-15)23-12-4-5-13-23)26-14-18-20-21-22-24(18)17-6-2-1-3-7-17/h1-13H,14H2. The van der Waals surface area contributed by atoms with Gasteiger partial charge in [-0.1, -0.05) is 18.2 Å². The maximum Gasteiger partial charge on any atom is 0.338 e. The van der Waals surface area contributed by atoms with Crippen molar-refractivity contribution in [3.8, 4) is 11.4 Å². The first-order chi connectivity index (χ1) is 12.8. The molecule has 2 aromatic carbocycles. The molecule has 7 nitrogen and oxygen atoms in total. The predicted octanol–water partition coefficient (Wildman–Crippen LogP) is 2.81. The van der Waals surface area contributed by atoms with E-state index < -0.39 is 5.97 Å². The fraction of sp³-hybridized carbons (Fsp3) is 0.0526. The maximum atomic E-state index is 12.3. The first-order valence-electron chi connectivity index (χ1n) is 8.04. The molecule has 0 fully saturated rings. The summed E-state index contributed by atoms with van der Waals surface area (Å²) < 4.78 is 8.86. The highest BCUT2D eigenvalue weighted by molar-refractivity contribution is 5.89. The van der Waals surface area contributed by atoms with E-state index in [1.165, 1.54) is 0 Å². The van der Waals surface area contributed by atoms with Gasteiger partial charge in [0, 0.05) is 18.1 Å². The Morgan fingerprint density at radius 3 is 2.35 bits per heavy atom. The number of carbonyl (C=O) groups is 1. The van der Waals surface area contributed by atoms with E-state index in [0.717, 1.165) is 11.4 Å². The molecule has 26 heavy (non-hydrogen) atoms. The summed E-state index contributed by atoms with van der Waals surface area (Å²) in [6.07, 6.45) is 3.88. The van der Waals surface area contributed by atoms with Crippen LogP contribution in [0.5, 0.6) is 0 Å². The van der Waals surface area contributed by atoms with Gasteiger partial charge < -0.3 is 9.30 Å². The van der Waals surface area contributed by atoms with Crippen molar-refractivity contribution in [3.05, 3.63) is 90.5 Å². The molecule has 0 spiro atoms. The average Bonchev–Trinajstić information content (AvgIpc) is 3.39. The topological polar surface area (TPSA) is 74.8 Å². The van der Waals surface area contributed by atoms with Crippen molar-refractivity contribution < 1.29 is 9.53 Å². The third-order valence-electron chi connectivity index (χ3n) is 3.87. The molecule has 0 N–H and O–H groups in total. The quantitative estimate of drug-likeness (QED) is 0.520. The molecule has 0 radical (unpaired) electrons. The van der Waals surface area contributed by atoms with Crippen LogP contribution < -0.4 is 0 Å². The third-order valence-corrected chi connectivity index (χ3v) is 3.87. The number of hydrogen-bond donors (Lipinski definition) is 0. The Labute approximate surface area is 149 Å². The van der Waals surface area contributed by atoms with Gasteiger partial charge in [0.05, 0.1) is 11.3 Å². The molecule has 2 heterocycles. The van der Waals surface area contributed by atoms with E-state index in [1.807, 2.05) is 71.6 Å². The third kappa shape index (κ3) is 3.23. The Bertz CT molecular complexity index is 992. The monoisotopic (exact) mass is 345 g/mol. The number of esters is 1. The van der Waals surface area contributed by atoms with E-state index in [-0.39, 0.29) is 6.61 Å². The number of rotatable bonds is 5. The molecule has 128 valence electrons. The molecule has 7 heteroatoms. The molecule has 0 aliphatic rings. The fourth-order valence-corrected chi connectivity index (χ4v) is 2.56. The number of ether oxygens (including phenoxy) is 1. The average molecular weight is 345 g/mol. The Balaban J connectivity index is 1.44. The lowest BCUT2D eigenvalue weighted by molar-refractivity contribution is 0.0459. The van der Waals surface area contributed by atoms with Gasteiger partial charge in [-0.15, -0.1) is 5.10 Å². The van der Waals surface area contributed by atoms with Crippen LogP contribution in [0, 0.1) is 0 Å². The minimum atomic E-state index is -0.424. The van der Waals surface area contributed by atoms with Crippen LogP contribution in [-0.4, -0.2) is 30.7 Å². The molecule has 0 aliphatic carbocycles. The number of hydrogen-bond acceptors (Lipinski definition) is 5. The van der Waals surface area contributed by atoms with Crippen molar-refractivity contribution in [1.82, 2.24) is 24.8 Å². The van der Waals surface area contributed by atoms with Gasteiger partial charge in [0.1, 0.15) is 0 Å². The van der Waals surface area contributed by atoms with E-state index in [0.29, 0.717) is 11.4 Å². The Morgan fingerprint density at radius 2 is 1.62 bits per heavy atom. The second-order valence-electron chi connectivity index (χ2n) is 5.56. The first-order valence-corrected chi connectivity index (χ1v) is 8.04. The van der Waals surface area contributed by atoms with Crippen LogP contribution in [-0.2, 0) is 11.3 Å². The van der Waals surface area contributed by atoms with Gasteiger partial charge in [-0.3, -0.25) is 0 Å². The molecule has 0 atom stereocenters. The van der Waals surface area contributed by atoms with Crippen LogP contribution in [0.3, 0.4) is 0 Å². The summed E-state index contributed by atoms with van der Waals surface area (Å²) in [6, 6.07) is 20.5. The zero-order valence-corrected chi connectivity index (χ0v) is 13.8. The Morgan fingerprint density at radius 1 is 0.885 bits per heavy atom. The summed E-state index contributed by atoms with van der Waals surface area (Å²) in [6.45, 7) is -0.0138.